The van der Waals surface area contributed by atoms with Crippen LogP contribution in [0, 0.1) is 0 Å². The molecule has 1 aromatic carbocycles. The van der Waals surface area contributed by atoms with Gasteiger partial charge in [-0.2, -0.15) is 5.10 Å². The van der Waals surface area contributed by atoms with E-state index in [9.17, 15) is 14.4 Å². The highest BCUT2D eigenvalue weighted by Crippen LogP contribution is 2.24. The highest BCUT2D eigenvalue weighted by Gasteiger charge is 2.20. The van der Waals surface area contributed by atoms with Gasteiger partial charge in [-0.05, 0) is 53.7 Å². The second kappa shape index (κ2) is 11.4. The highest BCUT2D eigenvalue weighted by atomic mass is 32.1. The Balaban J connectivity index is 1.24. The molecule has 1 fully saturated rings. The third-order valence-electron chi connectivity index (χ3n) is 6.95. The molecule has 208 valence electrons. The summed E-state index contributed by atoms with van der Waals surface area (Å²) in [5, 5.41) is 15.6. The second-order valence-electron chi connectivity index (χ2n) is 9.79. The molecule has 6 rings (SSSR count). The number of nitrogens with one attached hydrogen (secondary N) is 3. The fourth-order valence-electron chi connectivity index (χ4n) is 4.79. The Morgan fingerprint density at radius 3 is 2.71 bits per heavy atom. The van der Waals surface area contributed by atoms with Crippen molar-refractivity contribution in [3.63, 3.8) is 0 Å². The molecule has 3 N–H and O–H groups in total. The number of carbonyl (C=O) groups excluding carboxylic acids is 2. The third-order valence-corrected chi connectivity index (χ3v) is 8.60. The second-order valence-corrected chi connectivity index (χ2v) is 11.5. The van der Waals surface area contributed by atoms with E-state index >= 15 is 0 Å². The number of fused-ring (bicyclic) bond motifs is 1. The van der Waals surface area contributed by atoms with Gasteiger partial charge < -0.3 is 20.9 Å². The molecule has 0 spiro atoms. The molecule has 4 heterocycles. The number of nitrogens with zero attached hydrogens (tertiary/aromatic N) is 4. The zero-order chi connectivity index (χ0) is 28.5. The molecule has 1 saturated heterocycles. The Hall–Kier alpha value is -4.18. The summed E-state index contributed by atoms with van der Waals surface area (Å²) in [5.74, 6) is 0.289. The summed E-state index contributed by atoms with van der Waals surface area (Å²) in [4.78, 5) is 44.9. The lowest BCUT2D eigenvalue weighted by atomic mass is 10.1. The van der Waals surface area contributed by atoms with E-state index in [1.54, 1.807) is 36.3 Å². The first-order valence-electron chi connectivity index (χ1n) is 13.2. The Kier molecular flexibility index (Phi) is 7.49. The smallest absolute Gasteiger partial charge is 0.290 e. The molecule has 0 saturated carbocycles. The quantitative estimate of drug-likeness (QED) is 0.295. The van der Waals surface area contributed by atoms with E-state index in [-0.39, 0.29) is 17.4 Å². The van der Waals surface area contributed by atoms with E-state index < -0.39 is 0 Å². The van der Waals surface area contributed by atoms with Crippen molar-refractivity contribution in [1.82, 2.24) is 20.1 Å². The van der Waals surface area contributed by atoms with Crippen LogP contribution in [0.15, 0.2) is 53.5 Å². The zero-order valence-corrected chi connectivity index (χ0v) is 24.3. The minimum atomic E-state index is -0.316. The first-order valence-corrected chi connectivity index (χ1v) is 14.6. The Morgan fingerprint density at radius 1 is 1.07 bits per heavy atom. The molecule has 1 atom stereocenters. The fraction of sp³-hybridized carbons (Fsp3) is 0.207. The van der Waals surface area contributed by atoms with Crippen LogP contribution in [-0.4, -0.2) is 46.2 Å². The number of aryl methyl sites for hydroxylation is 1. The lowest BCUT2D eigenvalue weighted by molar-refractivity contribution is -0.118. The molecule has 0 bridgehead atoms. The van der Waals surface area contributed by atoms with Crippen molar-refractivity contribution in [1.29, 1.82) is 0 Å². The van der Waals surface area contributed by atoms with Crippen LogP contribution < -0.4 is 41.5 Å². The van der Waals surface area contributed by atoms with Gasteiger partial charge in [0.15, 0.2) is 0 Å². The Labute approximate surface area is 242 Å². The molecular formula is C29H28N7O3PS. The molecule has 10 nitrogen and oxygen atoms in total. The van der Waals surface area contributed by atoms with Crippen LogP contribution in [0.2, 0.25) is 0 Å². The van der Waals surface area contributed by atoms with E-state index in [0.717, 1.165) is 40.0 Å². The van der Waals surface area contributed by atoms with Gasteiger partial charge in [-0.15, -0.1) is 20.6 Å². The van der Waals surface area contributed by atoms with Crippen molar-refractivity contribution in [2.24, 2.45) is 7.05 Å². The van der Waals surface area contributed by atoms with Crippen LogP contribution in [-0.2, 0) is 11.8 Å². The van der Waals surface area contributed by atoms with Crippen molar-refractivity contribution in [2.75, 3.05) is 35.2 Å². The molecule has 0 radical (unpaired) electrons. The average molecular weight is 586 g/mol. The van der Waals surface area contributed by atoms with E-state index in [1.807, 2.05) is 24.3 Å². The van der Waals surface area contributed by atoms with Crippen LogP contribution in [0.3, 0.4) is 0 Å². The number of anilines is 4. The zero-order valence-electron chi connectivity index (χ0n) is 22.3. The molecular weight excluding hydrogens is 557 g/mol. The maximum atomic E-state index is 13.1. The van der Waals surface area contributed by atoms with E-state index in [2.05, 4.69) is 47.4 Å². The summed E-state index contributed by atoms with van der Waals surface area (Å²) >= 11 is 1.49. The third kappa shape index (κ3) is 5.69. The summed E-state index contributed by atoms with van der Waals surface area (Å²) in [6, 6.07) is 12.8. The average Bonchev–Trinajstić information content (AvgIpc) is 3.42. The first-order chi connectivity index (χ1) is 19.9. The van der Waals surface area contributed by atoms with E-state index in [1.165, 1.54) is 16.0 Å². The lowest BCUT2D eigenvalue weighted by Gasteiger charge is -2.27. The summed E-state index contributed by atoms with van der Waals surface area (Å²) < 4.78 is 2.40. The fourth-order valence-corrected chi connectivity index (χ4v) is 6.07. The van der Waals surface area contributed by atoms with Gasteiger partial charge in [-0.3, -0.25) is 14.4 Å². The number of hydrogen-bond donors (Lipinski definition) is 3. The SMILES string of the molecule is Cn1nc(-c2ccc(P)c(NC(=O)c3cc4c(s3)=CCCC=4)c2)cc(Nc2ccc(N3CCNCC3=O)cn2)c1=O. The predicted octanol–water partition coefficient (Wildman–Crippen LogP) is 1.69. The van der Waals surface area contributed by atoms with Crippen LogP contribution in [0.4, 0.5) is 22.9 Å². The summed E-state index contributed by atoms with van der Waals surface area (Å²) in [6.45, 7) is 1.59. The van der Waals surface area contributed by atoms with Crippen molar-refractivity contribution < 1.29 is 9.59 Å². The van der Waals surface area contributed by atoms with Crippen LogP contribution in [0.25, 0.3) is 23.4 Å². The van der Waals surface area contributed by atoms with Gasteiger partial charge in [-0.1, -0.05) is 24.3 Å². The van der Waals surface area contributed by atoms with E-state index in [0.29, 0.717) is 46.5 Å². The number of hydrogen-bond acceptors (Lipinski definition) is 8. The van der Waals surface area contributed by atoms with Crippen LogP contribution in [0.1, 0.15) is 22.5 Å². The van der Waals surface area contributed by atoms with Gasteiger partial charge in [-0.25, -0.2) is 9.67 Å². The summed E-state index contributed by atoms with van der Waals surface area (Å²) in [6.07, 6.45) is 7.94. The molecule has 1 unspecified atom stereocenters. The Bertz CT molecular complexity index is 1820. The normalized spacial score (nSPS) is 14.6. The lowest BCUT2D eigenvalue weighted by Crippen LogP contribution is -2.48. The molecule has 3 aromatic heterocycles. The van der Waals surface area contributed by atoms with Gasteiger partial charge in [0, 0.05) is 35.9 Å². The minimum absolute atomic E-state index is 0.00928. The number of carbonyl (C=O) groups is 2. The van der Waals surface area contributed by atoms with Crippen LogP contribution in [0.5, 0.6) is 0 Å². The molecule has 1 aliphatic heterocycles. The molecule has 41 heavy (non-hydrogen) atoms. The van der Waals surface area contributed by atoms with Crippen molar-refractivity contribution in [2.45, 2.75) is 12.8 Å². The minimum Gasteiger partial charge on any atom is -0.336 e. The number of amides is 2. The number of benzene rings is 1. The number of thiophene rings is 1. The van der Waals surface area contributed by atoms with Crippen molar-refractivity contribution in [3.8, 4) is 11.3 Å². The standard InChI is InChI=1S/C29H28N7O3PS/c1-35-29(39)22(32-26-9-7-19(15-31-26)36-11-10-30-16-27(36)37)14-20(34-35)17-6-8-23(40)21(12-17)33-28(38)25-13-18-4-2-3-5-24(18)41-25/h4-9,12-15,30H,2-3,10-11,16,40H2,1H3,(H,31,32)(H,33,38). The number of pyridine rings is 1. The summed E-state index contributed by atoms with van der Waals surface area (Å²) in [5.41, 5.74) is 2.61. The van der Waals surface area contributed by atoms with Gasteiger partial charge >= 0.3 is 0 Å². The molecule has 2 amide bonds. The van der Waals surface area contributed by atoms with E-state index in [4.69, 9.17) is 0 Å². The highest BCUT2D eigenvalue weighted by molar-refractivity contribution is 7.28. The maximum Gasteiger partial charge on any atom is 0.290 e. The monoisotopic (exact) mass is 585 g/mol. The van der Waals surface area contributed by atoms with Crippen molar-refractivity contribution in [3.05, 3.63) is 73.6 Å². The predicted molar refractivity (Wildman–Crippen MR) is 167 cm³/mol. The molecule has 1 aliphatic carbocycles. The first kappa shape index (κ1) is 27.0. The largest absolute Gasteiger partial charge is 0.336 e. The van der Waals surface area contributed by atoms with Gasteiger partial charge in [0.25, 0.3) is 11.5 Å². The number of aromatic nitrogens is 3. The number of rotatable bonds is 6. The number of piperazine rings is 1. The molecule has 4 aromatic rings. The van der Waals surface area contributed by atoms with Gasteiger partial charge in [0.2, 0.25) is 5.91 Å². The van der Waals surface area contributed by atoms with Crippen molar-refractivity contribution >= 4 is 72.7 Å². The molecule has 2 aliphatic rings. The molecule has 12 heteroatoms. The topological polar surface area (TPSA) is 121 Å². The Morgan fingerprint density at radius 2 is 1.93 bits per heavy atom. The van der Waals surface area contributed by atoms with Crippen LogP contribution >= 0.6 is 20.6 Å². The van der Waals surface area contributed by atoms with Gasteiger partial charge in [0.05, 0.1) is 29.0 Å². The van der Waals surface area contributed by atoms with Gasteiger partial charge in [0.1, 0.15) is 11.5 Å². The summed E-state index contributed by atoms with van der Waals surface area (Å²) in [7, 11) is 4.23. The maximum absolute atomic E-state index is 13.1.